The Kier molecular flexibility index (Phi) is 6.41. The van der Waals surface area contributed by atoms with Gasteiger partial charge in [0.15, 0.2) is 6.61 Å². The van der Waals surface area contributed by atoms with Crippen LogP contribution < -0.4 is 10.1 Å². The molecular weight excluding hydrogens is 392 g/mol. The van der Waals surface area contributed by atoms with Gasteiger partial charge in [0.1, 0.15) is 11.5 Å². The molecule has 1 fully saturated rings. The lowest BCUT2D eigenvalue weighted by Crippen LogP contribution is -2.48. The fraction of sp³-hybridized carbons (Fsp3) is 0.609. The summed E-state index contributed by atoms with van der Waals surface area (Å²) in [7, 11) is 1.68. The quantitative estimate of drug-likeness (QED) is 0.674. The molecule has 2 N–H and O–H groups in total. The first-order valence-corrected chi connectivity index (χ1v) is 10.6. The highest BCUT2D eigenvalue weighted by atomic mass is 19.3. The lowest BCUT2D eigenvalue weighted by Gasteiger charge is -2.36. The summed E-state index contributed by atoms with van der Waals surface area (Å²) in [5.41, 5.74) is 1.83. The highest BCUT2D eigenvalue weighted by molar-refractivity contribution is 6.24. The fourth-order valence-electron chi connectivity index (χ4n) is 4.51. The first-order chi connectivity index (χ1) is 14.1. The molecule has 2 aliphatic rings. The summed E-state index contributed by atoms with van der Waals surface area (Å²) in [6, 6.07) is 3.39. The van der Waals surface area contributed by atoms with E-state index in [9.17, 15) is 18.7 Å². The number of halogens is 2. The molecule has 0 radical (unpaired) electrons. The SMILES string of the molecule is CCc1cc(OCC(C)(F)F)cc(CC)c1C1=C(O)C2(CCC(OC)CC2)NC1=O. The Bertz CT molecular complexity index is 811. The van der Waals surface area contributed by atoms with Crippen molar-refractivity contribution >= 4 is 11.5 Å². The van der Waals surface area contributed by atoms with Crippen molar-refractivity contribution in [3.05, 3.63) is 34.6 Å². The van der Waals surface area contributed by atoms with Gasteiger partial charge in [0.2, 0.25) is 0 Å². The Hall–Kier alpha value is -2.15. The number of benzene rings is 1. The van der Waals surface area contributed by atoms with Crippen LogP contribution in [0.5, 0.6) is 5.75 Å². The maximum atomic E-state index is 13.2. The van der Waals surface area contributed by atoms with Crippen LogP contribution in [0.25, 0.3) is 5.57 Å². The van der Waals surface area contributed by atoms with Crippen LogP contribution in [0.3, 0.4) is 0 Å². The molecule has 1 aliphatic heterocycles. The number of hydrogen-bond donors (Lipinski definition) is 2. The van der Waals surface area contributed by atoms with E-state index in [2.05, 4.69) is 5.32 Å². The van der Waals surface area contributed by atoms with E-state index < -0.39 is 18.1 Å². The van der Waals surface area contributed by atoms with E-state index in [1.807, 2.05) is 13.8 Å². The van der Waals surface area contributed by atoms with Crippen molar-refractivity contribution in [2.24, 2.45) is 0 Å². The van der Waals surface area contributed by atoms with Crippen LogP contribution in [-0.2, 0) is 22.4 Å². The molecule has 1 aromatic rings. The van der Waals surface area contributed by atoms with E-state index >= 15 is 0 Å². The van der Waals surface area contributed by atoms with Gasteiger partial charge in [-0.1, -0.05) is 13.8 Å². The molecule has 0 unspecified atom stereocenters. The van der Waals surface area contributed by atoms with E-state index in [-0.39, 0.29) is 17.8 Å². The van der Waals surface area contributed by atoms with Crippen LogP contribution in [0.1, 0.15) is 63.1 Å². The van der Waals surface area contributed by atoms with Crippen LogP contribution >= 0.6 is 0 Å². The van der Waals surface area contributed by atoms with Crippen LogP contribution in [0.15, 0.2) is 17.9 Å². The van der Waals surface area contributed by atoms with Gasteiger partial charge >= 0.3 is 0 Å². The first kappa shape index (κ1) is 22.5. The molecule has 0 bridgehead atoms. The predicted molar refractivity (Wildman–Crippen MR) is 111 cm³/mol. The Morgan fingerprint density at radius 3 is 2.23 bits per heavy atom. The molecule has 1 spiro atoms. The number of aliphatic hydroxyl groups excluding tert-OH is 1. The summed E-state index contributed by atoms with van der Waals surface area (Å²) in [4.78, 5) is 13.0. The molecule has 5 nitrogen and oxygen atoms in total. The first-order valence-electron chi connectivity index (χ1n) is 10.6. The van der Waals surface area contributed by atoms with E-state index in [0.717, 1.165) is 30.9 Å². The predicted octanol–water partition coefficient (Wildman–Crippen LogP) is 4.57. The van der Waals surface area contributed by atoms with Gasteiger partial charge in [-0.15, -0.1) is 0 Å². The molecule has 0 atom stereocenters. The second-order valence-corrected chi connectivity index (χ2v) is 8.38. The molecule has 0 aromatic heterocycles. The number of ether oxygens (including phenoxy) is 2. The number of aliphatic hydroxyl groups is 1. The number of carbonyl (C=O) groups is 1. The largest absolute Gasteiger partial charge is 0.509 e. The highest BCUT2D eigenvalue weighted by Gasteiger charge is 2.48. The molecule has 1 amide bonds. The number of methoxy groups -OCH3 is 1. The van der Waals surface area contributed by atoms with Crippen molar-refractivity contribution in [1.29, 1.82) is 0 Å². The van der Waals surface area contributed by atoms with E-state index in [1.54, 1.807) is 19.2 Å². The number of aryl methyl sites for hydroxylation is 2. The van der Waals surface area contributed by atoms with Crippen molar-refractivity contribution in [3.63, 3.8) is 0 Å². The minimum atomic E-state index is -2.93. The zero-order valence-electron chi connectivity index (χ0n) is 18.1. The molecule has 1 aromatic carbocycles. The lowest BCUT2D eigenvalue weighted by molar-refractivity contribution is -0.116. The Balaban J connectivity index is 2.02. The van der Waals surface area contributed by atoms with Gasteiger partial charge in [-0.2, -0.15) is 0 Å². The van der Waals surface area contributed by atoms with Crippen molar-refractivity contribution in [2.45, 2.75) is 76.9 Å². The maximum Gasteiger partial charge on any atom is 0.278 e. The molecule has 1 aliphatic carbocycles. The molecule has 166 valence electrons. The monoisotopic (exact) mass is 423 g/mol. The molecule has 3 rings (SSSR count). The van der Waals surface area contributed by atoms with Gasteiger partial charge in [0.25, 0.3) is 11.8 Å². The van der Waals surface area contributed by atoms with Gasteiger partial charge in [0, 0.05) is 14.0 Å². The van der Waals surface area contributed by atoms with Crippen LogP contribution in [0.4, 0.5) is 8.78 Å². The average molecular weight is 424 g/mol. The van der Waals surface area contributed by atoms with Gasteiger partial charge in [-0.25, -0.2) is 8.78 Å². The normalized spacial score (nSPS) is 24.5. The Morgan fingerprint density at radius 1 is 1.20 bits per heavy atom. The molecule has 1 heterocycles. The van der Waals surface area contributed by atoms with Gasteiger partial charge in [-0.05, 0) is 67.3 Å². The number of carbonyl (C=O) groups excluding carboxylic acids is 1. The Labute approximate surface area is 176 Å². The third-order valence-electron chi connectivity index (χ3n) is 6.17. The molecule has 1 saturated carbocycles. The van der Waals surface area contributed by atoms with E-state index in [4.69, 9.17) is 9.47 Å². The number of alkyl halides is 2. The van der Waals surface area contributed by atoms with E-state index in [0.29, 0.717) is 42.6 Å². The van der Waals surface area contributed by atoms with E-state index in [1.165, 1.54) is 0 Å². The maximum absolute atomic E-state index is 13.2. The average Bonchev–Trinajstić information content (AvgIpc) is 2.95. The number of amides is 1. The van der Waals surface area contributed by atoms with Crippen molar-refractivity contribution < 1.29 is 28.2 Å². The summed E-state index contributed by atoms with van der Waals surface area (Å²) >= 11 is 0. The third-order valence-corrected chi connectivity index (χ3v) is 6.17. The number of rotatable bonds is 7. The topological polar surface area (TPSA) is 67.8 Å². The van der Waals surface area contributed by atoms with Crippen LogP contribution in [0, 0.1) is 0 Å². The zero-order valence-corrected chi connectivity index (χ0v) is 18.1. The summed E-state index contributed by atoms with van der Waals surface area (Å²) in [6.45, 7) is 3.96. The minimum Gasteiger partial charge on any atom is -0.509 e. The van der Waals surface area contributed by atoms with Gasteiger partial charge < -0.3 is 19.9 Å². The van der Waals surface area contributed by atoms with Crippen molar-refractivity contribution in [2.75, 3.05) is 13.7 Å². The summed E-state index contributed by atoms with van der Waals surface area (Å²) < 4.78 is 37.2. The second-order valence-electron chi connectivity index (χ2n) is 8.38. The van der Waals surface area contributed by atoms with Gasteiger partial charge in [0.05, 0.1) is 17.2 Å². The lowest BCUT2D eigenvalue weighted by atomic mass is 9.78. The second kappa shape index (κ2) is 8.53. The smallest absolute Gasteiger partial charge is 0.278 e. The van der Waals surface area contributed by atoms with Crippen LogP contribution in [0.2, 0.25) is 0 Å². The fourth-order valence-corrected chi connectivity index (χ4v) is 4.51. The number of hydrogen-bond acceptors (Lipinski definition) is 4. The summed E-state index contributed by atoms with van der Waals surface area (Å²) in [5, 5.41) is 14.2. The minimum absolute atomic E-state index is 0.0835. The molecule has 30 heavy (non-hydrogen) atoms. The Morgan fingerprint density at radius 2 is 1.77 bits per heavy atom. The molecule has 7 heteroatoms. The third kappa shape index (κ3) is 4.31. The highest BCUT2D eigenvalue weighted by Crippen LogP contribution is 2.44. The number of nitrogens with one attached hydrogen (secondary N) is 1. The standard InChI is InChI=1S/C23H31F2NO4/c1-5-14-11-17(30-13-22(3,24)25)12-15(6-2)18(14)19-20(27)23(26-21(19)28)9-7-16(29-4)8-10-23/h11-12,16,27H,5-10,13H2,1-4H3,(H,26,28). The van der Waals surface area contributed by atoms with Gasteiger partial charge in [-0.3, -0.25) is 4.79 Å². The van der Waals surface area contributed by atoms with Crippen molar-refractivity contribution in [3.8, 4) is 5.75 Å². The summed E-state index contributed by atoms with van der Waals surface area (Å²) in [5.74, 6) is -2.79. The van der Waals surface area contributed by atoms with Crippen LogP contribution in [-0.4, -0.2) is 42.3 Å². The zero-order chi connectivity index (χ0) is 22.1. The summed E-state index contributed by atoms with van der Waals surface area (Å²) in [6.07, 6.45) is 4.02. The van der Waals surface area contributed by atoms with Crippen molar-refractivity contribution in [1.82, 2.24) is 5.32 Å². The molecular formula is C23H31F2NO4. The molecule has 0 saturated heterocycles.